The maximum atomic E-state index is 12.2. The van der Waals surface area contributed by atoms with E-state index in [-0.39, 0.29) is 18.1 Å². The SMILES string of the molecule is CC(C)Oc1cc2c(OCC3CCC(=O)N3)ncc(C#CC3CCCCC3)c2cc1C(N)=O. The molecule has 4 rings (SSSR count). The lowest BCUT2D eigenvalue weighted by Crippen LogP contribution is -2.31. The molecule has 7 nitrogen and oxygen atoms in total. The molecule has 1 aliphatic carbocycles. The van der Waals surface area contributed by atoms with Crippen LogP contribution in [0.2, 0.25) is 0 Å². The lowest BCUT2D eigenvalue weighted by molar-refractivity contribution is -0.119. The summed E-state index contributed by atoms with van der Waals surface area (Å²) in [7, 11) is 0. The van der Waals surface area contributed by atoms with Crippen LogP contribution in [0, 0.1) is 17.8 Å². The first-order valence-corrected chi connectivity index (χ1v) is 11.8. The molecule has 0 spiro atoms. The Balaban J connectivity index is 1.74. The van der Waals surface area contributed by atoms with Crippen LogP contribution >= 0.6 is 0 Å². The predicted molar refractivity (Wildman–Crippen MR) is 126 cm³/mol. The van der Waals surface area contributed by atoms with Crippen molar-refractivity contribution >= 4 is 22.6 Å². The number of ether oxygens (including phenoxy) is 2. The largest absolute Gasteiger partial charge is 0.490 e. The van der Waals surface area contributed by atoms with Crippen LogP contribution in [0.15, 0.2) is 18.3 Å². The number of hydrogen-bond acceptors (Lipinski definition) is 5. The van der Waals surface area contributed by atoms with Gasteiger partial charge in [-0.1, -0.05) is 31.1 Å². The molecule has 2 amide bonds. The van der Waals surface area contributed by atoms with Crippen LogP contribution in [0.4, 0.5) is 0 Å². The molecule has 0 radical (unpaired) electrons. The molecule has 1 saturated heterocycles. The number of carbonyl (C=O) groups is 2. The second kappa shape index (κ2) is 10.1. The van der Waals surface area contributed by atoms with Gasteiger partial charge in [-0.3, -0.25) is 9.59 Å². The Hall–Kier alpha value is -3.27. The number of benzene rings is 1. The molecular weight excluding hydrogens is 418 g/mol. The smallest absolute Gasteiger partial charge is 0.252 e. The van der Waals surface area contributed by atoms with E-state index in [1.54, 1.807) is 18.3 Å². The number of fused-ring (bicyclic) bond motifs is 1. The van der Waals surface area contributed by atoms with Crippen molar-refractivity contribution in [3.8, 4) is 23.5 Å². The van der Waals surface area contributed by atoms with Gasteiger partial charge >= 0.3 is 0 Å². The van der Waals surface area contributed by atoms with Crippen LogP contribution in [0.5, 0.6) is 11.6 Å². The molecule has 33 heavy (non-hydrogen) atoms. The van der Waals surface area contributed by atoms with E-state index in [2.05, 4.69) is 22.1 Å². The third-order valence-corrected chi connectivity index (χ3v) is 6.10. The lowest BCUT2D eigenvalue weighted by Gasteiger charge is -2.17. The number of carbonyl (C=O) groups excluding carboxylic acids is 2. The highest BCUT2D eigenvalue weighted by Crippen LogP contribution is 2.34. The van der Waals surface area contributed by atoms with Crippen LogP contribution in [0.25, 0.3) is 10.8 Å². The van der Waals surface area contributed by atoms with Crippen LogP contribution < -0.4 is 20.5 Å². The van der Waals surface area contributed by atoms with Gasteiger partial charge in [0.15, 0.2) is 0 Å². The summed E-state index contributed by atoms with van der Waals surface area (Å²) >= 11 is 0. The molecule has 1 aromatic carbocycles. The summed E-state index contributed by atoms with van der Waals surface area (Å²) in [5.74, 6) is 7.36. The number of nitrogens with two attached hydrogens (primary N) is 1. The van der Waals surface area contributed by atoms with Crippen molar-refractivity contribution in [1.29, 1.82) is 0 Å². The quantitative estimate of drug-likeness (QED) is 0.655. The Morgan fingerprint density at radius 3 is 2.67 bits per heavy atom. The average Bonchev–Trinajstić information content (AvgIpc) is 3.21. The number of pyridine rings is 1. The number of nitrogens with zero attached hydrogens (tertiary/aromatic N) is 1. The van der Waals surface area contributed by atoms with E-state index in [0.717, 1.165) is 30.2 Å². The normalized spacial score (nSPS) is 18.6. The van der Waals surface area contributed by atoms with Crippen LogP contribution in [0.1, 0.15) is 74.7 Å². The minimum atomic E-state index is -0.563. The highest BCUT2D eigenvalue weighted by Gasteiger charge is 2.23. The minimum Gasteiger partial charge on any atom is -0.490 e. The molecule has 2 fully saturated rings. The number of rotatable bonds is 6. The zero-order valence-electron chi connectivity index (χ0n) is 19.3. The van der Waals surface area contributed by atoms with E-state index >= 15 is 0 Å². The Kier molecular flexibility index (Phi) is 7.02. The number of hydrogen-bond donors (Lipinski definition) is 2. The summed E-state index contributed by atoms with van der Waals surface area (Å²) in [6.07, 6.45) is 8.72. The second-order valence-electron chi connectivity index (χ2n) is 9.12. The standard InChI is InChI=1S/C26H31N3O4/c1-16(2)33-23-13-21-20(12-22(23)25(27)31)18(9-8-17-6-4-3-5-7-17)14-28-26(21)32-15-19-10-11-24(30)29-19/h12-14,16-17,19H,3-7,10-11,15H2,1-2H3,(H2,27,31)(H,29,30). The minimum absolute atomic E-state index is 0.0356. The molecule has 2 heterocycles. The molecule has 174 valence electrons. The van der Waals surface area contributed by atoms with Gasteiger partial charge in [-0.15, -0.1) is 0 Å². The topological polar surface area (TPSA) is 104 Å². The molecule has 0 bridgehead atoms. The number of nitrogens with one attached hydrogen (secondary N) is 1. The van der Waals surface area contributed by atoms with Crippen LogP contribution in [0.3, 0.4) is 0 Å². The number of amides is 2. The van der Waals surface area contributed by atoms with Gasteiger partial charge in [-0.25, -0.2) is 4.98 Å². The van der Waals surface area contributed by atoms with E-state index in [0.29, 0.717) is 41.5 Å². The van der Waals surface area contributed by atoms with Crippen molar-refractivity contribution < 1.29 is 19.1 Å². The molecule has 1 saturated carbocycles. The van der Waals surface area contributed by atoms with Gasteiger partial charge in [0.05, 0.1) is 23.3 Å². The maximum absolute atomic E-state index is 12.2. The average molecular weight is 450 g/mol. The monoisotopic (exact) mass is 449 g/mol. The zero-order chi connectivity index (χ0) is 23.4. The first-order chi connectivity index (χ1) is 15.9. The van der Waals surface area contributed by atoms with Crippen LogP contribution in [-0.4, -0.2) is 35.6 Å². The van der Waals surface area contributed by atoms with Crippen molar-refractivity contribution in [3.05, 3.63) is 29.5 Å². The molecule has 3 N–H and O–H groups in total. The van der Waals surface area contributed by atoms with Crippen LogP contribution in [-0.2, 0) is 4.79 Å². The van der Waals surface area contributed by atoms with E-state index in [4.69, 9.17) is 15.2 Å². The molecule has 2 aromatic rings. The summed E-state index contributed by atoms with van der Waals surface area (Å²) < 4.78 is 11.9. The maximum Gasteiger partial charge on any atom is 0.252 e. The highest BCUT2D eigenvalue weighted by molar-refractivity contribution is 6.03. The van der Waals surface area contributed by atoms with Crippen molar-refractivity contribution in [2.24, 2.45) is 11.7 Å². The van der Waals surface area contributed by atoms with E-state index in [1.165, 1.54) is 19.3 Å². The molecule has 1 unspecified atom stereocenters. The van der Waals surface area contributed by atoms with E-state index in [9.17, 15) is 9.59 Å². The van der Waals surface area contributed by atoms with Gasteiger partial charge in [0, 0.05) is 29.3 Å². The first kappa shape index (κ1) is 22.9. The highest BCUT2D eigenvalue weighted by atomic mass is 16.5. The fraction of sp³-hybridized carbons (Fsp3) is 0.500. The Bertz CT molecular complexity index is 1110. The second-order valence-corrected chi connectivity index (χ2v) is 9.12. The van der Waals surface area contributed by atoms with Crippen molar-refractivity contribution in [1.82, 2.24) is 10.3 Å². The number of primary amides is 1. The fourth-order valence-electron chi connectivity index (χ4n) is 4.41. The van der Waals surface area contributed by atoms with Gasteiger partial charge in [-0.2, -0.15) is 0 Å². The Morgan fingerprint density at radius 1 is 1.21 bits per heavy atom. The third-order valence-electron chi connectivity index (χ3n) is 6.10. The molecule has 1 aromatic heterocycles. The summed E-state index contributed by atoms with van der Waals surface area (Å²) in [6.45, 7) is 4.10. The first-order valence-electron chi connectivity index (χ1n) is 11.8. The summed E-state index contributed by atoms with van der Waals surface area (Å²) in [6, 6.07) is 3.44. The Morgan fingerprint density at radius 2 is 2.00 bits per heavy atom. The molecule has 7 heteroatoms. The Labute approximate surface area is 194 Å². The summed E-state index contributed by atoms with van der Waals surface area (Å²) in [5.41, 5.74) is 6.71. The van der Waals surface area contributed by atoms with Gasteiger partial charge < -0.3 is 20.5 Å². The molecule has 1 atom stereocenters. The van der Waals surface area contributed by atoms with E-state index in [1.807, 2.05) is 13.8 Å². The van der Waals surface area contributed by atoms with Gasteiger partial charge in [0.25, 0.3) is 5.91 Å². The third kappa shape index (κ3) is 5.57. The fourth-order valence-corrected chi connectivity index (χ4v) is 4.41. The molecule has 1 aliphatic heterocycles. The summed E-state index contributed by atoms with van der Waals surface area (Å²) in [4.78, 5) is 28.2. The predicted octanol–water partition coefficient (Wildman–Crippen LogP) is 3.71. The lowest BCUT2D eigenvalue weighted by atomic mass is 9.89. The van der Waals surface area contributed by atoms with Crippen molar-refractivity contribution in [2.45, 2.75) is 70.9 Å². The van der Waals surface area contributed by atoms with E-state index < -0.39 is 5.91 Å². The van der Waals surface area contributed by atoms with Crippen molar-refractivity contribution in [2.75, 3.05) is 6.61 Å². The molecular formula is C26H31N3O4. The molecule has 2 aliphatic rings. The van der Waals surface area contributed by atoms with Gasteiger partial charge in [0.2, 0.25) is 11.8 Å². The van der Waals surface area contributed by atoms with Crippen molar-refractivity contribution in [3.63, 3.8) is 0 Å². The zero-order valence-corrected chi connectivity index (χ0v) is 19.3. The summed E-state index contributed by atoms with van der Waals surface area (Å²) in [5, 5.41) is 4.36. The van der Waals surface area contributed by atoms with Gasteiger partial charge in [0.1, 0.15) is 12.4 Å². The number of aromatic nitrogens is 1. The van der Waals surface area contributed by atoms with Gasteiger partial charge in [-0.05, 0) is 45.2 Å².